The molecule has 0 radical (unpaired) electrons. The lowest BCUT2D eigenvalue weighted by Crippen LogP contribution is -2.67. The molecule has 1 fully saturated rings. The lowest BCUT2D eigenvalue weighted by atomic mass is 10.2. The number of nitrogens with one attached hydrogen (secondary N) is 4. The highest BCUT2D eigenvalue weighted by Gasteiger charge is 2.23. The minimum Gasteiger partial charge on any atom is -0.493 e. The highest BCUT2D eigenvalue weighted by molar-refractivity contribution is 6.35. The maximum Gasteiger partial charge on any atom is 0.330 e. The number of hydrogen-bond acceptors (Lipinski definition) is 6. The molecule has 2 atom stereocenters. The van der Waals surface area contributed by atoms with Gasteiger partial charge in [-0.1, -0.05) is 29.3 Å². The normalized spacial score (nSPS) is 18.8. The van der Waals surface area contributed by atoms with Crippen molar-refractivity contribution in [2.24, 2.45) is 5.10 Å². The van der Waals surface area contributed by atoms with Crippen LogP contribution in [0.5, 0.6) is 11.5 Å². The third-order valence-electron chi connectivity index (χ3n) is 4.21. The van der Waals surface area contributed by atoms with Crippen molar-refractivity contribution in [3.05, 3.63) is 57.6 Å². The Morgan fingerprint density at radius 2 is 2.03 bits per heavy atom. The summed E-state index contributed by atoms with van der Waals surface area (Å²) in [6.07, 6.45) is 1.29. The van der Waals surface area contributed by atoms with Crippen molar-refractivity contribution in [1.82, 2.24) is 21.6 Å². The second kappa shape index (κ2) is 9.69. The molecule has 3 rings (SSSR count). The van der Waals surface area contributed by atoms with E-state index in [-0.39, 0.29) is 24.8 Å². The van der Waals surface area contributed by atoms with E-state index in [1.807, 2.05) is 19.1 Å². The van der Waals surface area contributed by atoms with Gasteiger partial charge in [-0.05, 0) is 42.8 Å². The average Bonchev–Trinajstić information content (AvgIpc) is 2.70. The van der Waals surface area contributed by atoms with Gasteiger partial charge in [0.2, 0.25) is 0 Å². The molecular formula is C19H21Cl2N5O3. The van der Waals surface area contributed by atoms with Gasteiger partial charge in [-0.3, -0.25) is 10.9 Å². The van der Waals surface area contributed by atoms with E-state index in [1.165, 1.54) is 0 Å². The summed E-state index contributed by atoms with van der Waals surface area (Å²) in [6.45, 7) is 2.18. The Kier molecular flexibility index (Phi) is 7.03. The van der Waals surface area contributed by atoms with Crippen molar-refractivity contribution < 1.29 is 14.3 Å². The molecule has 0 aromatic heterocycles. The molecule has 0 spiro atoms. The summed E-state index contributed by atoms with van der Waals surface area (Å²) in [7, 11) is 1.56. The first-order chi connectivity index (χ1) is 14.0. The van der Waals surface area contributed by atoms with Crippen molar-refractivity contribution in [3.8, 4) is 11.5 Å². The molecular weight excluding hydrogens is 417 g/mol. The number of methoxy groups -OCH3 is 1. The number of nitrogens with zero attached hydrogens (tertiary/aromatic N) is 1. The third kappa shape index (κ3) is 5.66. The van der Waals surface area contributed by atoms with Gasteiger partial charge in [0.05, 0.1) is 19.4 Å². The minimum atomic E-state index is -0.339. The highest BCUT2D eigenvalue weighted by atomic mass is 35.5. The average molecular weight is 438 g/mol. The number of hydrazone groups is 1. The predicted molar refractivity (Wildman–Crippen MR) is 113 cm³/mol. The number of benzene rings is 2. The molecule has 1 saturated heterocycles. The van der Waals surface area contributed by atoms with Crippen LogP contribution in [-0.4, -0.2) is 31.6 Å². The quantitative estimate of drug-likeness (QED) is 0.394. The first kappa shape index (κ1) is 21.0. The fourth-order valence-electron chi connectivity index (χ4n) is 2.58. The van der Waals surface area contributed by atoms with Gasteiger partial charge in [0.15, 0.2) is 11.5 Å². The Balaban J connectivity index is 1.62. The van der Waals surface area contributed by atoms with Gasteiger partial charge in [0, 0.05) is 15.6 Å². The van der Waals surface area contributed by atoms with Gasteiger partial charge in [-0.2, -0.15) is 5.10 Å². The Hall–Kier alpha value is -2.68. The van der Waals surface area contributed by atoms with E-state index < -0.39 is 0 Å². The van der Waals surface area contributed by atoms with Crippen LogP contribution in [-0.2, 0) is 6.61 Å². The SMILES string of the molecule is COc1cc(/C=N/NC2NC(=O)NNC2C)ccc1OCc1ccc(Cl)cc1Cl. The number of hydrogen-bond donors (Lipinski definition) is 4. The van der Waals surface area contributed by atoms with Crippen molar-refractivity contribution >= 4 is 35.4 Å². The summed E-state index contributed by atoms with van der Waals surface area (Å²) in [5.74, 6) is 1.14. The van der Waals surface area contributed by atoms with Crippen LogP contribution < -0.4 is 31.1 Å². The smallest absolute Gasteiger partial charge is 0.330 e. The zero-order valence-corrected chi connectivity index (χ0v) is 17.3. The fraction of sp³-hybridized carbons (Fsp3) is 0.263. The third-order valence-corrected chi connectivity index (χ3v) is 4.80. The molecule has 29 heavy (non-hydrogen) atoms. The molecule has 1 aliphatic heterocycles. The number of amides is 2. The molecule has 2 aromatic rings. The summed E-state index contributed by atoms with van der Waals surface area (Å²) >= 11 is 12.1. The van der Waals surface area contributed by atoms with Crippen LogP contribution >= 0.6 is 23.2 Å². The molecule has 4 N–H and O–H groups in total. The highest BCUT2D eigenvalue weighted by Crippen LogP contribution is 2.29. The lowest BCUT2D eigenvalue weighted by Gasteiger charge is -2.30. The van der Waals surface area contributed by atoms with Crippen LogP contribution in [0.25, 0.3) is 0 Å². The zero-order chi connectivity index (χ0) is 20.8. The number of halogens is 2. The number of hydrazine groups is 1. The molecule has 1 aliphatic rings. The lowest BCUT2D eigenvalue weighted by molar-refractivity contribution is 0.202. The summed E-state index contributed by atoms with van der Waals surface area (Å²) < 4.78 is 11.3. The molecule has 8 nitrogen and oxygen atoms in total. The summed E-state index contributed by atoms with van der Waals surface area (Å²) in [5, 5.41) is 8.02. The number of ether oxygens (including phenoxy) is 2. The van der Waals surface area contributed by atoms with Gasteiger partial charge >= 0.3 is 6.03 Å². The summed E-state index contributed by atoms with van der Waals surface area (Å²) in [6, 6.07) is 10.3. The maximum atomic E-state index is 11.4. The van der Waals surface area contributed by atoms with E-state index in [4.69, 9.17) is 32.7 Å². The number of urea groups is 1. The van der Waals surface area contributed by atoms with Crippen LogP contribution in [0.3, 0.4) is 0 Å². The Bertz CT molecular complexity index is 909. The van der Waals surface area contributed by atoms with Crippen LogP contribution in [0.2, 0.25) is 10.0 Å². The van der Waals surface area contributed by atoms with Gasteiger partial charge in [-0.15, -0.1) is 0 Å². The first-order valence-corrected chi connectivity index (χ1v) is 9.57. The summed E-state index contributed by atoms with van der Waals surface area (Å²) in [4.78, 5) is 11.4. The molecule has 1 heterocycles. The van der Waals surface area contributed by atoms with E-state index in [1.54, 1.807) is 37.6 Å². The van der Waals surface area contributed by atoms with Crippen LogP contribution in [0.4, 0.5) is 4.79 Å². The first-order valence-electron chi connectivity index (χ1n) is 8.81. The Morgan fingerprint density at radius 1 is 1.21 bits per heavy atom. The van der Waals surface area contributed by atoms with E-state index >= 15 is 0 Å². The molecule has 154 valence electrons. The second-order valence-corrected chi connectivity index (χ2v) is 7.17. The van der Waals surface area contributed by atoms with E-state index in [0.29, 0.717) is 21.5 Å². The number of carbonyl (C=O) groups excluding carboxylic acids is 1. The Labute approximate surface area is 178 Å². The Morgan fingerprint density at radius 3 is 2.79 bits per heavy atom. The molecule has 0 aliphatic carbocycles. The van der Waals surface area contributed by atoms with E-state index in [9.17, 15) is 4.79 Å². The number of rotatable bonds is 7. The van der Waals surface area contributed by atoms with Gasteiger partial charge in [0.1, 0.15) is 12.8 Å². The van der Waals surface area contributed by atoms with Crippen LogP contribution in [0.15, 0.2) is 41.5 Å². The van der Waals surface area contributed by atoms with Gasteiger partial charge < -0.3 is 14.8 Å². The molecule has 2 unspecified atom stereocenters. The molecule has 10 heteroatoms. The van der Waals surface area contributed by atoms with Crippen LogP contribution in [0.1, 0.15) is 18.1 Å². The monoisotopic (exact) mass is 437 g/mol. The van der Waals surface area contributed by atoms with Crippen molar-refractivity contribution in [3.63, 3.8) is 0 Å². The predicted octanol–water partition coefficient (Wildman–Crippen LogP) is 3.04. The topological polar surface area (TPSA) is 96.0 Å². The van der Waals surface area contributed by atoms with E-state index in [2.05, 4.69) is 26.7 Å². The van der Waals surface area contributed by atoms with Crippen LogP contribution in [0, 0.1) is 0 Å². The van der Waals surface area contributed by atoms with Gasteiger partial charge in [-0.25, -0.2) is 10.2 Å². The fourth-order valence-corrected chi connectivity index (χ4v) is 3.04. The second-order valence-electron chi connectivity index (χ2n) is 6.33. The standard InChI is InChI=1S/C19H21Cl2N5O3/c1-11-18(23-19(27)26-24-11)25-22-9-12-3-6-16(17(7-12)28-2)29-10-13-4-5-14(20)8-15(13)21/h3-9,11,18,24-25H,10H2,1-2H3,(H2,23,26,27)/b22-9+. The minimum absolute atomic E-state index is 0.0464. The molecule has 2 aromatic carbocycles. The molecule has 0 bridgehead atoms. The number of carbonyl (C=O) groups is 1. The molecule has 2 amide bonds. The van der Waals surface area contributed by atoms with E-state index in [0.717, 1.165) is 11.1 Å². The van der Waals surface area contributed by atoms with Crippen molar-refractivity contribution in [2.75, 3.05) is 7.11 Å². The van der Waals surface area contributed by atoms with Crippen molar-refractivity contribution in [1.29, 1.82) is 0 Å². The largest absolute Gasteiger partial charge is 0.493 e. The van der Waals surface area contributed by atoms with Gasteiger partial charge in [0.25, 0.3) is 0 Å². The maximum absolute atomic E-state index is 11.4. The van der Waals surface area contributed by atoms with Crippen molar-refractivity contribution in [2.45, 2.75) is 25.7 Å². The molecule has 0 saturated carbocycles. The summed E-state index contributed by atoms with van der Waals surface area (Å²) in [5.41, 5.74) is 9.84. The zero-order valence-electron chi connectivity index (χ0n) is 15.8.